The van der Waals surface area contributed by atoms with Crippen LogP contribution in [0.3, 0.4) is 0 Å². The Labute approximate surface area is 127 Å². The molecule has 0 atom stereocenters. The first kappa shape index (κ1) is 18.5. The zero-order valence-corrected chi connectivity index (χ0v) is 13.8. The van der Waals surface area contributed by atoms with Crippen molar-refractivity contribution in [3.63, 3.8) is 0 Å². The van der Waals surface area contributed by atoms with Crippen molar-refractivity contribution in [1.82, 2.24) is 0 Å². The van der Waals surface area contributed by atoms with Crippen molar-refractivity contribution in [3.05, 3.63) is 58.0 Å². The Morgan fingerprint density at radius 3 is 2.40 bits per heavy atom. The molecule has 0 saturated heterocycles. The second kappa shape index (κ2) is 9.38. The van der Waals surface area contributed by atoms with Crippen molar-refractivity contribution in [2.75, 3.05) is 0 Å². The maximum Gasteiger partial charge on any atom is 0.213 e. The van der Waals surface area contributed by atoms with Crippen molar-refractivity contribution >= 4 is 18.3 Å². The van der Waals surface area contributed by atoms with E-state index in [-0.39, 0.29) is 0 Å². The van der Waals surface area contributed by atoms with Crippen molar-refractivity contribution in [2.45, 2.75) is 41.2 Å². The highest BCUT2D eigenvalue weighted by Crippen LogP contribution is 2.22. The van der Waals surface area contributed by atoms with Crippen LogP contribution in [0.2, 0.25) is 5.02 Å². The number of allylic oxidation sites excluding steroid dienone is 2. The van der Waals surface area contributed by atoms with Crippen molar-refractivity contribution < 1.29 is 4.74 Å². The summed E-state index contributed by atoms with van der Waals surface area (Å²) in [5.41, 5.74) is 4.13. The van der Waals surface area contributed by atoms with Gasteiger partial charge in [-0.05, 0) is 50.2 Å². The van der Waals surface area contributed by atoms with E-state index in [1.165, 1.54) is 0 Å². The molecule has 0 spiro atoms. The van der Waals surface area contributed by atoms with Gasteiger partial charge in [0.05, 0.1) is 0 Å². The molecule has 110 valence electrons. The molecule has 0 aliphatic rings. The van der Waals surface area contributed by atoms with Gasteiger partial charge in [-0.2, -0.15) is 0 Å². The molecule has 0 heterocycles. The smallest absolute Gasteiger partial charge is 0.213 e. The van der Waals surface area contributed by atoms with Gasteiger partial charge in [0.2, 0.25) is 5.88 Å². The van der Waals surface area contributed by atoms with Crippen LogP contribution in [-0.2, 0) is 11.3 Å². The van der Waals surface area contributed by atoms with Gasteiger partial charge in [-0.1, -0.05) is 43.7 Å². The molecule has 0 bridgehead atoms. The molecule has 1 rings (SSSR count). The molecule has 2 nitrogen and oxygen atoms in total. The fourth-order valence-electron chi connectivity index (χ4n) is 1.47. The van der Waals surface area contributed by atoms with Crippen LogP contribution >= 0.6 is 11.6 Å². The second-order valence-electron chi connectivity index (χ2n) is 4.30. The highest BCUT2D eigenvalue weighted by Gasteiger charge is 2.04. The number of rotatable bonds is 5. The van der Waals surface area contributed by atoms with Crippen molar-refractivity contribution in [1.29, 1.82) is 0 Å². The lowest BCUT2D eigenvalue weighted by atomic mass is 10.1. The SMILES string of the molecule is C=N/C(=C\C(=C)C)OCc1cc(C)c(C)c(Cl)c1.CC. The Balaban J connectivity index is 0.00000172. The van der Waals surface area contributed by atoms with Gasteiger partial charge in [0.15, 0.2) is 0 Å². The molecular weight excluding hydrogens is 270 g/mol. The fraction of sp³-hybridized carbons (Fsp3) is 0.353. The monoisotopic (exact) mass is 293 g/mol. The standard InChI is InChI=1S/C15H18ClNO.C2H6/c1-10(2)6-15(17-5)18-9-13-7-11(3)12(4)14(16)8-13;1-2/h6-8H,1,5,9H2,2-4H3;1-2H3/b15-6+;. The lowest BCUT2D eigenvalue weighted by molar-refractivity contribution is 0.197. The van der Waals surface area contributed by atoms with Crippen molar-refractivity contribution in [3.8, 4) is 0 Å². The minimum Gasteiger partial charge on any atom is -0.473 e. The van der Waals surface area contributed by atoms with Gasteiger partial charge < -0.3 is 4.74 Å². The number of hydrogen-bond acceptors (Lipinski definition) is 2. The maximum atomic E-state index is 6.13. The van der Waals surface area contributed by atoms with Crippen LogP contribution in [0.15, 0.2) is 41.2 Å². The quantitative estimate of drug-likeness (QED) is 0.392. The summed E-state index contributed by atoms with van der Waals surface area (Å²) < 4.78 is 5.55. The van der Waals surface area contributed by atoms with Crippen LogP contribution in [0.4, 0.5) is 0 Å². The summed E-state index contributed by atoms with van der Waals surface area (Å²) in [4.78, 5) is 3.80. The summed E-state index contributed by atoms with van der Waals surface area (Å²) in [7, 11) is 0. The zero-order valence-electron chi connectivity index (χ0n) is 13.1. The summed E-state index contributed by atoms with van der Waals surface area (Å²) in [5.74, 6) is 0.469. The molecule has 3 heteroatoms. The summed E-state index contributed by atoms with van der Waals surface area (Å²) in [6, 6.07) is 3.97. The summed E-state index contributed by atoms with van der Waals surface area (Å²) in [5, 5.41) is 0.755. The Hall–Kier alpha value is -1.54. The first-order valence-electron chi connectivity index (χ1n) is 6.66. The normalized spacial score (nSPS) is 10.4. The van der Waals surface area contributed by atoms with E-state index in [4.69, 9.17) is 16.3 Å². The molecule has 0 fully saturated rings. The maximum absolute atomic E-state index is 6.13. The lowest BCUT2D eigenvalue weighted by Gasteiger charge is -2.09. The topological polar surface area (TPSA) is 21.6 Å². The highest BCUT2D eigenvalue weighted by atomic mass is 35.5. The number of aryl methyl sites for hydroxylation is 1. The predicted octanol–water partition coefficient (Wildman–Crippen LogP) is 5.62. The van der Waals surface area contributed by atoms with Crippen LogP contribution in [0, 0.1) is 13.8 Å². The molecule has 0 amide bonds. The predicted molar refractivity (Wildman–Crippen MR) is 89.5 cm³/mol. The van der Waals surface area contributed by atoms with Crippen LogP contribution < -0.4 is 0 Å². The van der Waals surface area contributed by atoms with Crippen LogP contribution in [-0.4, -0.2) is 6.72 Å². The number of nitrogens with zero attached hydrogens (tertiary/aromatic N) is 1. The molecule has 0 saturated carbocycles. The molecular formula is C17H24ClNO. The molecule has 0 radical (unpaired) electrons. The molecule has 0 aliphatic carbocycles. The van der Waals surface area contributed by atoms with Crippen LogP contribution in [0.1, 0.15) is 37.5 Å². The van der Waals surface area contributed by atoms with Crippen LogP contribution in [0.25, 0.3) is 0 Å². The van der Waals surface area contributed by atoms with E-state index in [1.807, 2.05) is 40.7 Å². The summed E-state index contributed by atoms with van der Waals surface area (Å²) in [6.07, 6.45) is 1.75. The number of benzene rings is 1. The average Bonchev–Trinajstić information content (AvgIpc) is 2.42. The molecule has 20 heavy (non-hydrogen) atoms. The Morgan fingerprint density at radius 1 is 1.35 bits per heavy atom. The number of hydrogen-bond donors (Lipinski definition) is 0. The van der Waals surface area contributed by atoms with E-state index in [0.717, 1.165) is 27.3 Å². The van der Waals surface area contributed by atoms with Crippen molar-refractivity contribution in [2.24, 2.45) is 4.99 Å². The number of ether oxygens (including phenoxy) is 1. The second-order valence-corrected chi connectivity index (χ2v) is 4.70. The number of halogens is 1. The molecule has 0 aromatic heterocycles. The molecule has 0 N–H and O–H groups in total. The van der Waals surface area contributed by atoms with E-state index in [9.17, 15) is 0 Å². The van der Waals surface area contributed by atoms with E-state index in [2.05, 4.69) is 24.4 Å². The minimum absolute atomic E-state index is 0.416. The molecule has 0 aliphatic heterocycles. The van der Waals surface area contributed by atoms with Gasteiger partial charge >= 0.3 is 0 Å². The van der Waals surface area contributed by atoms with Crippen LogP contribution in [0.5, 0.6) is 0 Å². The van der Waals surface area contributed by atoms with E-state index >= 15 is 0 Å². The van der Waals surface area contributed by atoms with Gasteiger partial charge in [0.25, 0.3) is 0 Å². The van der Waals surface area contributed by atoms with Gasteiger partial charge in [-0.3, -0.25) is 0 Å². The Kier molecular flexibility index (Phi) is 8.66. The third-order valence-corrected chi connectivity index (χ3v) is 2.97. The van der Waals surface area contributed by atoms with Gasteiger partial charge in [-0.25, -0.2) is 4.99 Å². The molecule has 0 unspecified atom stereocenters. The average molecular weight is 294 g/mol. The molecule has 1 aromatic rings. The van der Waals surface area contributed by atoms with Gasteiger partial charge in [0, 0.05) is 11.1 Å². The first-order valence-corrected chi connectivity index (χ1v) is 7.04. The summed E-state index contributed by atoms with van der Waals surface area (Å²) >= 11 is 6.13. The minimum atomic E-state index is 0.416. The summed E-state index contributed by atoms with van der Waals surface area (Å²) in [6.45, 7) is 17.6. The largest absolute Gasteiger partial charge is 0.473 e. The fourth-order valence-corrected chi connectivity index (χ4v) is 1.76. The highest BCUT2D eigenvalue weighted by molar-refractivity contribution is 6.31. The van der Waals surface area contributed by atoms with E-state index in [1.54, 1.807) is 6.08 Å². The Morgan fingerprint density at radius 2 is 1.95 bits per heavy atom. The van der Waals surface area contributed by atoms with E-state index in [0.29, 0.717) is 12.5 Å². The Bertz CT molecular complexity index is 481. The first-order chi connectivity index (χ1) is 9.43. The zero-order chi connectivity index (χ0) is 15.7. The van der Waals surface area contributed by atoms with Gasteiger partial charge in [0.1, 0.15) is 6.61 Å². The lowest BCUT2D eigenvalue weighted by Crippen LogP contribution is -1.94. The molecule has 1 aromatic carbocycles. The van der Waals surface area contributed by atoms with Gasteiger partial charge in [-0.15, -0.1) is 0 Å². The third kappa shape index (κ3) is 6.07. The number of aliphatic imine (C=N–C) groups is 1. The van der Waals surface area contributed by atoms with E-state index < -0.39 is 0 Å². The third-order valence-electron chi connectivity index (χ3n) is 2.58.